The molecule has 0 aliphatic heterocycles. The van der Waals surface area contributed by atoms with Crippen LogP contribution in [0.4, 0.5) is 5.95 Å². The van der Waals surface area contributed by atoms with Gasteiger partial charge >= 0.3 is 0 Å². The average Bonchev–Trinajstić information content (AvgIpc) is 3.24. The molecule has 0 saturated heterocycles. The zero-order valence-corrected chi connectivity index (χ0v) is 14.9. The van der Waals surface area contributed by atoms with Crippen LogP contribution >= 0.6 is 0 Å². The van der Waals surface area contributed by atoms with Crippen LogP contribution in [0, 0.1) is 0 Å². The lowest BCUT2D eigenvalue weighted by Gasteiger charge is -2.29. The number of H-pyrrole nitrogens is 1. The maximum Gasteiger partial charge on any atom is 0.224 e. The fraction of sp³-hybridized carbons (Fsp3) is 0.500. The van der Waals surface area contributed by atoms with Crippen molar-refractivity contribution in [1.82, 2.24) is 24.7 Å². The number of hydrogen-bond donors (Lipinski definition) is 4. The molecule has 8 nitrogen and oxygen atoms in total. The van der Waals surface area contributed by atoms with Crippen molar-refractivity contribution in [3.8, 4) is 17.1 Å². The first-order valence-electron chi connectivity index (χ1n) is 9.28. The zero-order valence-electron chi connectivity index (χ0n) is 14.9. The third kappa shape index (κ3) is 3.12. The van der Waals surface area contributed by atoms with Gasteiger partial charge in [0.2, 0.25) is 5.95 Å². The maximum absolute atomic E-state index is 10.2. The number of fused-ring (bicyclic) bond motifs is 1. The molecule has 4 rings (SSSR count). The quantitative estimate of drug-likeness (QED) is 0.559. The Morgan fingerprint density at radius 3 is 3.00 bits per heavy atom. The Bertz CT molecular complexity index is 900. The van der Waals surface area contributed by atoms with Gasteiger partial charge in [-0.3, -0.25) is 4.68 Å². The van der Waals surface area contributed by atoms with Crippen LogP contribution in [0.3, 0.4) is 0 Å². The highest BCUT2D eigenvalue weighted by Crippen LogP contribution is 2.33. The van der Waals surface area contributed by atoms with Gasteiger partial charge in [0.25, 0.3) is 0 Å². The Morgan fingerprint density at radius 2 is 2.19 bits per heavy atom. The summed E-state index contributed by atoms with van der Waals surface area (Å²) in [6.45, 7) is 2.95. The number of aromatic nitrogens is 5. The minimum absolute atomic E-state index is 0.0687. The van der Waals surface area contributed by atoms with Crippen molar-refractivity contribution >= 4 is 16.9 Å². The summed E-state index contributed by atoms with van der Waals surface area (Å²) in [4.78, 5) is 12.1. The summed E-state index contributed by atoms with van der Waals surface area (Å²) in [5.74, 6) is 0.608. The summed E-state index contributed by atoms with van der Waals surface area (Å²) in [6.07, 6.45) is 10.8. The second kappa shape index (κ2) is 6.95. The summed E-state index contributed by atoms with van der Waals surface area (Å²) < 4.78 is 1.89. The lowest BCUT2D eigenvalue weighted by Crippen LogP contribution is -2.42. The molecule has 5 N–H and O–H groups in total. The number of nitrogens with zero attached hydrogens (tertiary/aromatic N) is 4. The van der Waals surface area contributed by atoms with Crippen LogP contribution in [0.15, 0.2) is 18.6 Å². The number of aryl methyl sites for hydroxylation is 1. The summed E-state index contributed by atoms with van der Waals surface area (Å²) in [7, 11) is 0. The average molecular weight is 355 g/mol. The number of nitrogens with one attached hydrogen (secondary N) is 2. The molecule has 2 atom stereocenters. The summed E-state index contributed by atoms with van der Waals surface area (Å²) in [5, 5.41) is 18.6. The van der Waals surface area contributed by atoms with E-state index in [9.17, 15) is 5.11 Å². The van der Waals surface area contributed by atoms with Gasteiger partial charge in [-0.2, -0.15) is 5.10 Å². The maximum atomic E-state index is 10.2. The summed E-state index contributed by atoms with van der Waals surface area (Å²) in [6, 6.07) is 0.280. The molecule has 3 aromatic rings. The molecule has 0 spiro atoms. The van der Waals surface area contributed by atoms with E-state index < -0.39 is 0 Å². The first kappa shape index (κ1) is 16.8. The molecule has 1 aliphatic rings. The molecular weight excluding hydrogens is 330 g/mol. The Labute approximate surface area is 151 Å². The minimum atomic E-state index is 0.0687. The van der Waals surface area contributed by atoms with Crippen LogP contribution < -0.4 is 11.1 Å². The molecule has 1 aliphatic carbocycles. The Balaban J connectivity index is 1.73. The molecule has 1 fully saturated rings. The molecule has 0 aromatic carbocycles. The van der Waals surface area contributed by atoms with Gasteiger partial charge in [-0.15, -0.1) is 0 Å². The first-order valence-corrected chi connectivity index (χ1v) is 9.28. The predicted molar refractivity (Wildman–Crippen MR) is 101 cm³/mol. The van der Waals surface area contributed by atoms with Gasteiger partial charge in [-0.25, -0.2) is 9.97 Å². The second-order valence-electron chi connectivity index (χ2n) is 6.98. The highest BCUT2D eigenvalue weighted by atomic mass is 16.3. The molecule has 3 aromatic heterocycles. The molecule has 0 amide bonds. The fourth-order valence-corrected chi connectivity index (χ4v) is 3.64. The Hall–Kier alpha value is -2.61. The monoisotopic (exact) mass is 355 g/mol. The third-order valence-electron chi connectivity index (χ3n) is 5.01. The smallest absolute Gasteiger partial charge is 0.224 e. The second-order valence-corrected chi connectivity index (χ2v) is 6.98. The Kier molecular flexibility index (Phi) is 4.50. The first-order chi connectivity index (χ1) is 12.7. The van der Waals surface area contributed by atoms with E-state index in [-0.39, 0.29) is 18.0 Å². The van der Waals surface area contributed by atoms with Crippen molar-refractivity contribution in [1.29, 1.82) is 0 Å². The van der Waals surface area contributed by atoms with E-state index in [2.05, 4.69) is 27.3 Å². The van der Waals surface area contributed by atoms with Crippen molar-refractivity contribution in [3.63, 3.8) is 0 Å². The van der Waals surface area contributed by atoms with Gasteiger partial charge in [0, 0.05) is 36.6 Å². The third-order valence-corrected chi connectivity index (χ3v) is 5.01. The van der Waals surface area contributed by atoms with E-state index in [4.69, 9.17) is 10.7 Å². The number of hydrogen-bond acceptors (Lipinski definition) is 6. The largest absolute Gasteiger partial charge is 0.494 e. The molecule has 8 heteroatoms. The summed E-state index contributed by atoms with van der Waals surface area (Å²) in [5.41, 5.74) is 8.45. The topological polar surface area (TPSA) is 118 Å². The van der Waals surface area contributed by atoms with Gasteiger partial charge in [-0.05, 0) is 19.3 Å². The van der Waals surface area contributed by atoms with Gasteiger partial charge in [0.1, 0.15) is 0 Å². The molecule has 0 unspecified atom stereocenters. The highest BCUT2D eigenvalue weighted by molar-refractivity contribution is 5.97. The van der Waals surface area contributed by atoms with Crippen molar-refractivity contribution in [2.75, 3.05) is 5.32 Å². The lowest BCUT2D eigenvalue weighted by atomic mass is 9.91. The molecule has 26 heavy (non-hydrogen) atoms. The van der Waals surface area contributed by atoms with Crippen LogP contribution in [0.25, 0.3) is 22.2 Å². The van der Waals surface area contributed by atoms with Gasteiger partial charge < -0.3 is 21.1 Å². The Morgan fingerprint density at radius 1 is 1.35 bits per heavy atom. The number of aromatic amines is 1. The minimum Gasteiger partial charge on any atom is -0.494 e. The van der Waals surface area contributed by atoms with Crippen molar-refractivity contribution in [3.05, 3.63) is 18.6 Å². The molecule has 1 saturated carbocycles. The van der Waals surface area contributed by atoms with Crippen LogP contribution in [-0.4, -0.2) is 41.9 Å². The lowest BCUT2D eigenvalue weighted by molar-refractivity contribution is 0.402. The number of aromatic hydroxyl groups is 1. The highest BCUT2D eigenvalue weighted by Gasteiger charge is 2.23. The van der Waals surface area contributed by atoms with E-state index in [0.717, 1.165) is 37.8 Å². The van der Waals surface area contributed by atoms with E-state index >= 15 is 0 Å². The van der Waals surface area contributed by atoms with Crippen LogP contribution in [0.2, 0.25) is 0 Å². The molecule has 3 heterocycles. The molecule has 0 radical (unpaired) electrons. The van der Waals surface area contributed by atoms with Crippen molar-refractivity contribution < 1.29 is 5.11 Å². The number of anilines is 1. The van der Waals surface area contributed by atoms with Crippen LogP contribution in [-0.2, 0) is 6.54 Å². The number of nitrogens with two attached hydrogens (primary N) is 1. The number of rotatable bonds is 5. The van der Waals surface area contributed by atoms with Gasteiger partial charge in [-0.1, -0.05) is 19.8 Å². The standard InChI is InChI=1S/C18H25N7O/c1-2-7-25-10-11(8-21-25)16-15-14(9-20-17(15)26)23-18(24-16)22-13-6-4-3-5-12(13)19/h8-10,12-13,20,26H,2-7,19H2,1H3,(H,22,23)/t12-,13+/m0/s1. The molecule has 0 bridgehead atoms. The van der Waals surface area contributed by atoms with E-state index in [1.54, 1.807) is 12.4 Å². The molecular formula is C18H25N7O. The summed E-state index contributed by atoms with van der Waals surface area (Å²) >= 11 is 0. The van der Waals surface area contributed by atoms with Crippen molar-refractivity contribution in [2.45, 2.75) is 57.7 Å². The van der Waals surface area contributed by atoms with Crippen LogP contribution in [0.5, 0.6) is 5.88 Å². The van der Waals surface area contributed by atoms with Crippen LogP contribution in [0.1, 0.15) is 39.0 Å². The fourth-order valence-electron chi connectivity index (χ4n) is 3.64. The molecule has 138 valence electrons. The SMILES string of the molecule is CCCn1cc(-c2nc(N[C@@H]3CCCC[C@@H]3N)nc3c[nH]c(O)c23)cn1. The normalized spacial score (nSPS) is 20.5. The zero-order chi connectivity index (χ0) is 18.1. The van der Waals surface area contributed by atoms with Crippen molar-refractivity contribution in [2.24, 2.45) is 5.73 Å². The van der Waals surface area contributed by atoms with E-state index in [1.807, 2.05) is 10.9 Å². The predicted octanol–water partition coefficient (Wildman–Crippen LogP) is 2.62. The van der Waals surface area contributed by atoms with Gasteiger partial charge in [0.15, 0.2) is 5.88 Å². The van der Waals surface area contributed by atoms with E-state index in [0.29, 0.717) is 22.5 Å². The van der Waals surface area contributed by atoms with E-state index in [1.165, 1.54) is 6.42 Å². The van der Waals surface area contributed by atoms with Gasteiger partial charge in [0.05, 0.1) is 22.8 Å².